The molecule has 2 aliphatic heterocycles. The molecule has 1 N–H and O–H groups in total. The summed E-state index contributed by atoms with van der Waals surface area (Å²) in [6, 6.07) is 14.3. The van der Waals surface area contributed by atoms with E-state index in [0.717, 1.165) is 55.2 Å². The van der Waals surface area contributed by atoms with Crippen molar-refractivity contribution in [1.82, 2.24) is 19.8 Å². The lowest BCUT2D eigenvalue weighted by atomic mass is 9.88. The molecular formula is C26H29FN4O3. The number of nitrogens with one attached hydrogen (secondary N) is 1. The molecule has 1 aromatic heterocycles. The summed E-state index contributed by atoms with van der Waals surface area (Å²) in [5.41, 5.74) is 1.47. The number of benzene rings is 2. The number of carbonyl (C=O) groups is 1. The highest BCUT2D eigenvalue weighted by molar-refractivity contribution is 5.81. The highest BCUT2D eigenvalue weighted by atomic mass is 19.1. The van der Waals surface area contributed by atoms with Gasteiger partial charge in [0.15, 0.2) is 6.10 Å². The first kappa shape index (κ1) is 22.6. The second-order valence-corrected chi connectivity index (χ2v) is 8.98. The Morgan fingerprint density at radius 3 is 2.76 bits per heavy atom. The summed E-state index contributed by atoms with van der Waals surface area (Å²) in [5, 5.41) is 3.02. The van der Waals surface area contributed by atoms with Gasteiger partial charge >= 0.3 is 0 Å². The van der Waals surface area contributed by atoms with Crippen LogP contribution < -0.4 is 10.1 Å². The smallest absolute Gasteiger partial charge is 0.251 e. The molecule has 1 saturated heterocycles. The Hall–Kier alpha value is -3.23. The van der Waals surface area contributed by atoms with Gasteiger partial charge in [0, 0.05) is 38.6 Å². The summed E-state index contributed by atoms with van der Waals surface area (Å²) in [4.78, 5) is 20.0. The van der Waals surface area contributed by atoms with E-state index < -0.39 is 11.7 Å². The number of ether oxygens (including phenoxy) is 2. The van der Waals surface area contributed by atoms with Gasteiger partial charge in [0.25, 0.3) is 5.91 Å². The van der Waals surface area contributed by atoms with E-state index in [1.54, 1.807) is 13.3 Å². The number of aromatic nitrogens is 2. The van der Waals surface area contributed by atoms with Crippen LogP contribution in [-0.2, 0) is 34.8 Å². The number of likely N-dealkylation sites (tertiary alicyclic amines) is 1. The fourth-order valence-electron chi connectivity index (χ4n) is 4.88. The SMILES string of the molecule is COc1cccc(CNC(=O)[C@@H]2Cn3ccnc3C3(CCN(Cc4ccc(F)cc4)CC3)O2)c1. The van der Waals surface area contributed by atoms with Crippen LogP contribution in [0.25, 0.3) is 0 Å². The number of carbonyl (C=O) groups excluding carboxylic acids is 1. The zero-order chi connectivity index (χ0) is 23.5. The summed E-state index contributed by atoms with van der Waals surface area (Å²) in [7, 11) is 1.63. The maximum Gasteiger partial charge on any atom is 0.251 e. The van der Waals surface area contributed by atoms with E-state index in [2.05, 4.69) is 19.8 Å². The molecule has 3 aromatic rings. The third-order valence-corrected chi connectivity index (χ3v) is 6.73. The number of halogens is 1. The maximum absolute atomic E-state index is 13.2. The summed E-state index contributed by atoms with van der Waals surface area (Å²) in [5.74, 6) is 1.30. The Kier molecular flexibility index (Phi) is 6.34. The molecule has 0 aliphatic carbocycles. The van der Waals surface area contributed by atoms with Gasteiger partial charge in [-0.25, -0.2) is 9.37 Å². The van der Waals surface area contributed by atoms with Crippen LogP contribution in [-0.4, -0.2) is 46.7 Å². The molecule has 2 aromatic carbocycles. The minimum absolute atomic E-state index is 0.129. The molecule has 1 amide bonds. The number of hydrogen-bond acceptors (Lipinski definition) is 5. The van der Waals surface area contributed by atoms with E-state index in [4.69, 9.17) is 9.47 Å². The van der Waals surface area contributed by atoms with E-state index in [-0.39, 0.29) is 11.7 Å². The number of imidazole rings is 1. The molecule has 1 fully saturated rings. The quantitative estimate of drug-likeness (QED) is 0.607. The van der Waals surface area contributed by atoms with E-state index in [0.29, 0.717) is 13.1 Å². The molecule has 178 valence electrons. The first-order valence-corrected chi connectivity index (χ1v) is 11.6. The molecule has 1 spiro atoms. The fraction of sp³-hybridized carbons (Fsp3) is 0.385. The van der Waals surface area contributed by atoms with E-state index in [1.807, 2.05) is 42.6 Å². The number of nitrogens with zero attached hydrogens (tertiary/aromatic N) is 3. The highest BCUT2D eigenvalue weighted by Crippen LogP contribution is 2.40. The van der Waals surface area contributed by atoms with Crippen molar-refractivity contribution in [2.45, 2.75) is 44.2 Å². The average molecular weight is 465 g/mol. The van der Waals surface area contributed by atoms with Gasteiger partial charge in [-0.15, -0.1) is 0 Å². The first-order chi connectivity index (χ1) is 16.5. The predicted octanol–water partition coefficient (Wildman–Crippen LogP) is 3.24. The topological polar surface area (TPSA) is 68.6 Å². The van der Waals surface area contributed by atoms with Gasteiger partial charge in [0.05, 0.1) is 13.7 Å². The van der Waals surface area contributed by atoms with Crippen molar-refractivity contribution < 1.29 is 18.7 Å². The number of hydrogen-bond donors (Lipinski definition) is 1. The number of amides is 1. The van der Waals surface area contributed by atoms with Crippen LogP contribution in [0.3, 0.4) is 0 Å². The molecule has 7 nitrogen and oxygen atoms in total. The molecule has 3 heterocycles. The van der Waals surface area contributed by atoms with Crippen LogP contribution in [0.15, 0.2) is 60.9 Å². The van der Waals surface area contributed by atoms with Crippen LogP contribution >= 0.6 is 0 Å². The molecular weight excluding hydrogens is 435 g/mol. The molecule has 8 heteroatoms. The van der Waals surface area contributed by atoms with Crippen molar-refractivity contribution in [3.63, 3.8) is 0 Å². The van der Waals surface area contributed by atoms with Crippen LogP contribution in [0.1, 0.15) is 29.8 Å². The zero-order valence-corrected chi connectivity index (χ0v) is 19.2. The summed E-state index contributed by atoms with van der Waals surface area (Å²) >= 11 is 0. The minimum Gasteiger partial charge on any atom is -0.497 e. The van der Waals surface area contributed by atoms with Gasteiger partial charge in [-0.3, -0.25) is 9.69 Å². The normalized spacial score (nSPS) is 19.5. The van der Waals surface area contributed by atoms with Crippen LogP contribution in [0, 0.1) is 5.82 Å². The zero-order valence-electron chi connectivity index (χ0n) is 19.2. The lowest BCUT2D eigenvalue weighted by molar-refractivity contribution is -0.174. The Labute approximate surface area is 198 Å². The van der Waals surface area contributed by atoms with Gasteiger partial charge in [0.1, 0.15) is 23.0 Å². The number of methoxy groups -OCH3 is 1. The molecule has 34 heavy (non-hydrogen) atoms. The van der Waals surface area contributed by atoms with Crippen molar-refractivity contribution >= 4 is 5.91 Å². The van der Waals surface area contributed by atoms with E-state index in [1.165, 1.54) is 12.1 Å². The number of fused-ring (bicyclic) bond motifs is 2. The van der Waals surface area contributed by atoms with Crippen molar-refractivity contribution in [3.8, 4) is 5.75 Å². The molecule has 1 atom stereocenters. The summed E-state index contributed by atoms with van der Waals surface area (Å²) in [6.45, 7) is 3.23. The number of rotatable bonds is 6. The highest BCUT2D eigenvalue weighted by Gasteiger charge is 2.47. The monoisotopic (exact) mass is 464 g/mol. The molecule has 2 aliphatic rings. The molecule has 0 saturated carbocycles. The lowest BCUT2D eigenvalue weighted by Crippen LogP contribution is -2.53. The first-order valence-electron chi connectivity index (χ1n) is 11.6. The Morgan fingerprint density at radius 2 is 2.00 bits per heavy atom. The lowest BCUT2D eigenvalue weighted by Gasteiger charge is -2.45. The summed E-state index contributed by atoms with van der Waals surface area (Å²) in [6.07, 6.45) is 4.60. The van der Waals surface area contributed by atoms with Gasteiger partial charge in [-0.05, 0) is 48.2 Å². The van der Waals surface area contributed by atoms with Crippen LogP contribution in [0.4, 0.5) is 4.39 Å². The van der Waals surface area contributed by atoms with Gasteiger partial charge < -0.3 is 19.4 Å². The van der Waals surface area contributed by atoms with Gasteiger partial charge in [0.2, 0.25) is 0 Å². The predicted molar refractivity (Wildman–Crippen MR) is 125 cm³/mol. The largest absolute Gasteiger partial charge is 0.497 e. The molecule has 0 radical (unpaired) electrons. The third-order valence-electron chi connectivity index (χ3n) is 6.73. The standard InChI is InChI=1S/C26H29FN4O3/c1-33-22-4-2-3-20(15-22)16-29-24(32)23-18-31-14-11-28-25(31)26(34-23)9-12-30(13-10-26)17-19-5-7-21(27)8-6-19/h2-8,11,14-15,23H,9-10,12-13,16-18H2,1H3,(H,29,32)/t23-/m0/s1. The average Bonchev–Trinajstić information content (AvgIpc) is 3.35. The molecule has 0 bridgehead atoms. The minimum atomic E-state index is -0.587. The Bertz CT molecular complexity index is 1140. The van der Waals surface area contributed by atoms with Crippen LogP contribution in [0.2, 0.25) is 0 Å². The van der Waals surface area contributed by atoms with Crippen molar-refractivity contribution in [2.24, 2.45) is 0 Å². The van der Waals surface area contributed by atoms with Gasteiger partial charge in [-0.2, -0.15) is 0 Å². The van der Waals surface area contributed by atoms with Gasteiger partial charge in [-0.1, -0.05) is 24.3 Å². The maximum atomic E-state index is 13.2. The third kappa shape index (κ3) is 4.69. The Balaban J connectivity index is 1.24. The van der Waals surface area contributed by atoms with Crippen molar-refractivity contribution in [1.29, 1.82) is 0 Å². The van der Waals surface area contributed by atoms with Crippen molar-refractivity contribution in [3.05, 3.63) is 83.7 Å². The molecule has 5 rings (SSSR count). The molecule has 0 unspecified atom stereocenters. The fourth-order valence-corrected chi connectivity index (χ4v) is 4.88. The van der Waals surface area contributed by atoms with Crippen molar-refractivity contribution in [2.75, 3.05) is 20.2 Å². The van der Waals surface area contributed by atoms with E-state index in [9.17, 15) is 9.18 Å². The second kappa shape index (κ2) is 9.56. The Morgan fingerprint density at radius 1 is 1.21 bits per heavy atom. The number of piperidine rings is 1. The second-order valence-electron chi connectivity index (χ2n) is 8.98. The van der Waals surface area contributed by atoms with E-state index >= 15 is 0 Å². The van der Waals surface area contributed by atoms with Crippen LogP contribution in [0.5, 0.6) is 5.75 Å². The summed E-state index contributed by atoms with van der Waals surface area (Å²) < 4.78 is 27.1.